The standard InChI is InChI=1S/C15H24O2/c1-9-7-12(16)13-11(9)8-10-5-6-15(13,4)17-14(10,2)3/h9-11,13H,5-8H2,1-4H3/t9-,10-,11-,13-,15+/m1/s1. The monoisotopic (exact) mass is 236 g/mol. The van der Waals surface area contributed by atoms with E-state index < -0.39 is 0 Å². The smallest absolute Gasteiger partial charge is 0.139 e. The van der Waals surface area contributed by atoms with Crippen molar-refractivity contribution in [1.29, 1.82) is 0 Å². The highest BCUT2D eigenvalue weighted by Gasteiger charge is 2.59. The molecule has 0 spiro atoms. The largest absolute Gasteiger partial charge is 0.368 e. The van der Waals surface area contributed by atoms with E-state index in [4.69, 9.17) is 4.74 Å². The normalized spacial score (nSPS) is 52.4. The topological polar surface area (TPSA) is 26.3 Å². The van der Waals surface area contributed by atoms with E-state index in [1.165, 1.54) is 12.8 Å². The summed E-state index contributed by atoms with van der Waals surface area (Å²) in [6.45, 7) is 8.87. The summed E-state index contributed by atoms with van der Waals surface area (Å²) in [5.41, 5.74) is -0.236. The maximum absolute atomic E-state index is 12.3. The van der Waals surface area contributed by atoms with E-state index in [-0.39, 0.29) is 17.1 Å². The summed E-state index contributed by atoms with van der Waals surface area (Å²) in [5, 5.41) is 0. The molecule has 4 fully saturated rings. The Morgan fingerprint density at radius 2 is 2.00 bits per heavy atom. The SMILES string of the molecule is C[C@@H]1CC(=O)[C@H]2[C@@H]1C[C@H]1CC[C@]2(C)OC1(C)C. The molecule has 0 aromatic heterocycles. The Labute approximate surface area is 104 Å². The van der Waals surface area contributed by atoms with Crippen molar-refractivity contribution in [3.63, 3.8) is 0 Å². The summed E-state index contributed by atoms with van der Waals surface area (Å²) >= 11 is 0. The number of ether oxygens (including phenoxy) is 1. The molecule has 4 aliphatic rings. The molecule has 0 radical (unpaired) electrons. The molecule has 2 aliphatic carbocycles. The number of hydrogen-bond donors (Lipinski definition) is 0. The van der Waals surface area contributed by atoms with Gasteiger partial charge in [0.1, 0.15) is 5.78 Å². The van der Waals surface area contributed by atoms with Gasteiger partial charge in [-0.05, 0) is 57.8 Å². The van der Waals surface area contributed by atoms with Crippen molar-refractivity contribution in [3.8, 4) is 0 Å². The minimum absolute atomic E-state index is 0.0443. The van der Waals surface area contributed by atoms with Gasteiger partial charge in [-0.1, -0.05) is 6.92 Å². The van der Waals surface area contributed by atoms with Crippen LogP contribution in [0.15, 0.2) is 0 Å². The zero-order valence-electron chi connectivity index (χ0n) is 11.5. The average molecular weight is 236 g/mol. The summed E-state index contributed by atoms with van der Waals surface area (Å²) in [5.74, 6) is 2.40. The highest BCUT2D eigenvalue weighted by atomic mass is 16.5. The van der Waals surface area contributed by atoms with Crippen LogP contribution >= 0.6 is 0 Å². The third-order valence-electron chi connectivity index (χ3n) is 5.71. The van der Waals surface area contributed by atoms with E-state index >= 15 is 0 Å². The lowest BCUT2D eigenvalue weighted by molar-refractivity contribution is -0.199. The molecule has 0 aromatic rings. The Hall–Kier alpha value is -0.370. The molecule has 0 aromatic carbocycles. The van der Waals surface area contributed by atoms with Gasteiger partial charge < -0.3 is 4.74 Å². The van der Waals surface area contributed by atoms with Gasteiger partial charge in [-0.3, -0.25) is 4.79 Å². The number of fused-ring (bicyclic) bond motifs is 2. The Balaban J connectivity index is 2.04. The van der Waals surface area contributed by atoms with Crippen molar-refractivity contribution in [2.24, 2.45) is 23.7 Å². The maximum Gasteiger partial charge on any atom is 0.139 e. The molecule has 17 heavy (non-hydrogen) atoms. The first kappa shape index (κ1) is 11.7. The number of carbonyl (C=O) groups excluding carboxylic acids is 1. The molecule has 2 heterocycles. The summed E-state index contributed by atoms with van der Waals surface area (Å²) in [4.78, 5) is 12.3. The molecule has 2 bridgehead atoms. The molecule has 0 unspecified atom stereocenters. The van der Waals surface area contributed by atoms with Crippen molar-refractivity contribution >= 4 is 5.78 Å². The Morgan fingerprint density at radius 1 is 1.29 bits per heavy atom. The van der Waals surface area contributed by atoms with Gasteiger partial charge in [0.05, 0.1) is 11.2 Å². The molecule has 0 N–H and O–H groups in total. The molecule has 4 rings (SSSR count). The van der Waals surface area contributed by atoms with Crippen LogP contribution in [0.4, 0.5) is 0 Å². The number of Topliss-reactive ketones (excluding diaryl/α,β-unsaturated/α-hetero) is 1. The van der Waals surface area contributed by atoms with E-state index in [0.717, 1.165) is 12.8 Å². The highest BCUT2D eigenvalue weighted by Crippen LogP contribution is 2.57. The predicted molar refractivity (Wildman–Crippen MR) is 66.7 cm³/mol. The van der Waals surface area contributed by atoms with Crippen LogP contribution in [0.25, 0.3) is 0 Å². The molecule has 2 nitrogen and oxygen atoms in total. The van der Waals surface area contributed by atoms with Crippen LogP contribution in [0.1, 0.15) is 53.4 Å². The highest BCUT2D eigenvalue weighted by molar-refractivity contribution is 5.85. The number of hydrogen-bond acceptors (Lipinski definition) is 2. The van der Waals surface area contributed by atoms with Gasteiger partial charge in [0.15, 0.2) is 0 Å². The molecule has 0 amide bonds. The van der Waals surface area contributed by atoms with E-state index in [1.807, 2.05) is 0 Å². The van der Waals surface area contributed by atoms with Crippen LogP contribution in [0.5, 0.6) is 0 Å². The van der Waals surface area contributed by atoms with Gasteiger partial charge >= 0.3 is 0 Å². The van der Waals surface area contributed by atoms with E-state index in [2.05, 4.69) is 27.7 Å². The van der Waals surface area contributed by atoms with Gasteiger partial charge in [-0.2, -0.15) is 0 Å². The molecule has 2 saturated heterocycles. The van der Waals surface area contributed by atoms with Gasteiger partial charge in [-0.25, -0.2) is 0 Å². The van der Waals surface area contributed by atoms with Crippen molar-refractivity contribution in [2.75, 3.05) is 0 Å². The van der Waals surface area contributed by atoms with Gasteiger partial charge in [0, 0.05) is 12.3 Å². The third kappa shape index (κ3) is 1.53. The molecule has 2 saturated carbocycles. The van der Waals surface area contributed by atoms with Gasteiger partial charge in [0.2, 0.25) is 0 Å². The Bertz CT molecular complexity index is 360. The van der Waals surface area contributed by atoms with E-state index in [9.17, 15) is 4.79 Å². The average Bonchev–Trinajstić information content (AvgIpc) is 2.36. The van der Waals surface area contributed by atoms with Crippen LogP contribution in [0, 0.1) is 23.7 Å². The Kier molecular flexibility index (Phi) is 2.30. The summed E-state index contributed by atoms with van der Waals surface area (Å²) in [7, 11) is 0. The maximum atomic E-state index is 12.3. The zero-order chi connectivity index (χ0) is 12.4. The summed E-state index contributed by atoms with van der Waals surface area (Å²) in [6, 6.07) is 0. The van der Waals surface area contributed by atoms with Crippen molar-refractivity contribution in [1.82, 2.24) is 0 Å². The van der Waals surface area contributed by atoms with Gasteiger partial charge in [-0.15, -0.1) is 0 Å². The molecular formula is C15H24O2. The van der Waals surface area contributed by atoms with E-state index in [1.54, 1.807) is 0 Å². The second kappa shape index (κ2) is 3.34. The van der Waals surface area contributed by atoms with Crippen LogP contribution in [-0.4, -0.2) is 17.0 Å². The van der Waals surface area contributed by atoms with Crippen LogP contribution in [-0.2, 0) is 9.53 Å². The molecule has 2 aliphatic heterocycles. The summed E-state index contributed by atoms with van der Waals surface area (Å²) < 4.78 is 6.40. The second-order valence-electron chi connectivity index (χ2n) is 7.28. The molecule has 2 heteroatoms. The van der Waals surface area contributed by atoms with E-state index in [0.29, 0.717) is 23.5 Å². The Morgan fingerprint density at radius 3 is 2.65 bits per heavy atom. The van der Waals surface area contributed by atoms with Crippen LogP contribution in [0.2, 0.25) is 0 Å². The fraction of sp³-hybridized carbons (Fsp3) is 0.933. The lowest BCUT2D eigenvalue weighted by atomic mass is 9.78. The minimum atomic E-state index is -0.191. The van der Waals surface area contributed by atoms with Crippen molar-refractivity contribution in [2.45, 2.75) is 64.6 Å². The van der Waals surface area contributed by atoms with Crippen LogP contribution in [0.3, 0.4) is 0 Å². The fourth-order valence-corrected chi connectivity index (χ4v) is 4.82. The first-order valence-corrected chi connectivity index (χ1v) is 7.06. The lowest BCUT2D eigenvalue weighted by Gasteiger charge is -2.47. The fourth-order valence-electron chi connectivity index (χ4n) is 4.82. The molecule has 96 valence electrons. The zero-order valence-corrected chi connectivity index (χ0v) is 11.5. The second-order valence-corrected chi connectivity index (χ2v) is 7.28. The van der Waals surface area contributed by atoms with Crippen LogP contribution < -0.4 is 0 Å². The minimum Gasteiger partial charge on any atom is -0.368 e. The first-order chi connectivity index (χ1) is 7.83. The number of carbonyl (C=O) groups is 1. The third-order valence-corrected chi connectivity index (χ3v) is 5.71. The molecular weight excluding hydrogens is 212 g/mol. The lowest BCUT2D eigenvalue weighted by Crippen LogP contribution is -2.51. The first-order valence-electron chi connectivity index (χ1n) is 7.06. The summed E-state index contributed by atoms with van der Waals surface area (Å²) in [6.07, 6.45) is 4.28. The van der Waals surface area contributed by atoms with Gasteiger partial charge in [0.25, 0.3) is 0 Å². The predicted octanol–water partition coefficient (Wildman–Crippen LogP) is 3.20. The number of ketones is 1. The van der Waals surface area contributed by atoms with Crippen molar-refractivity contribution in [3.05, 3.63) is 0 Å². The van der Waals surface area contributed by atoms with Crippen molar-refractivity contribution < 1.29 is 9.53 Å². The number of rotatable bonds is 0. The quantitative estimate of drug-likeness (QED) is 0.645. The molecule has 5 atom stereocenters.